The number of nitrogens with zero attached hydrogens (tertiary/aromatic N) is 1. The molecule has 0 amide bonds. The number of H-pyrrole nitrogens is 1. The van der Waals surface area contributed by atoms with Gasteiger partial charge in [-0.25, -0.2) is 0 Å². The monoisotopic (exact) mass is 379 g/mol. The molecule has 0 aliphatic carbocycles. The minimum absolute atomic E-state index is 0.597. The molecule has 3 N–H and O–H groups in total. The van der Waals surface area contributed by atoms with E-state index in [0.717, 1.165) is 23.5 Å². The molecule has 0 unspecified atom stereocenters. The van der Waals surface area contributed by atoms with Gasteiger partial charge in [-0.3, -0.25) is 4.99 Å². The van der Waals surface area contributed by atoms with Crippen molar-refractivity contribution in [1.29, 1.82) is 0 Å². The number of hydrogen-bond acceptors (Lipinski definition) is 2. The summed E-state index contributed by atoms with van der Waals surface area (Å²) in [5.74, 6) is 0. The number of aliphatic imine (C=N–C) groups is 1. The molecule has 2 aromatic carbocycles. The molecule has 3 nitrogen and oxygen atoms in total. The zero-order valence-electron chi connectivity index (χ0n) is 16.6. The lowest BCUT2D eigenvalue weighted by Crippen LogP contribution is -2.02. The smallest absolute Gasteiger partial charge is 0.0683 e. The Kier molecular flexibility index (Phi) is 5.68. The first-order chi connectivity index (χ1) is 14.2. The lowest BCUT2D eigenvalue weighted by atomic mass is 10.0. The standard InChI is InChI=1S/C26H25N3/c1-19-18-23(29-26(19)24(15-16-27)25-8-5-17-28-25)14-11-20-9-12-22(13-10-20)21-6-3-2-4-7-21/h2-14,17-18,29H,15-16,27H2,1H3/b14-11+,25-24?. The number of rotatable bonds is 6. The lowest BCUT2D eigenvalue weighted by Gasteiger charge is -2.07. The van der Waals surface area contributed by atoms with Gasteiger partial charge < -0.3 is 10.7 Å². The Hall–Kier alpha value is -3.43. The van der Waals surface area contributed by atoms with Crippen molar-refractivity contribution in [1.82, 2.24) is 4.98 Å². The van der Waals surface area contributed by atoms with Gasteiger partial charge >= 0.3 is 0 Å². The van der Waals surface area contributed by atoms with E-state index in [0.29, 0.717) is 6.54 Å². The van der Waals surface area contributed by atoms with E-state index in [2.05, 4.69) is 83.6 Å². The number of aryl methyl sites for hydroxylation is 1. The zero-order chi connectivity index (χ0) is 20.1. The summed E-state index contributed by atoms with van der Waals surface area (Å²) in [6.45, 7) is 2.72. The average molecular weight is 380 g/mol. The average Bonchev–Trinajstić information content (AvgIpc) is 3.42. The first-order valence-electron chi connectivity index (χ1n) is 9.92. The van der Waals surface area contributed by atoms with Crippen molar-refractivity contribution in [3.8, 4) is 11.1 Å². The number of aromatic nitrogens is 1. The third kappa shape index (κ3) is 4.36. The van der Waals surface area contributed by atoms with Crippen LogP contribution in [0.2, 0.25) is 0 Å². The number of allylic oxidation sites excluding steroid dienone is 2. The van der Waals surface area contributed by atoms with E-state index >= 15 is 0 Å². The van der Waals surface area contributed by atoms with Gasteiger partial charge in [-0.2, -0.15) is 0 Å². The Morgan fingerprint density at radius 2 is 1.76 bits per heavy atom. The number of nitrogens with one attached hydrogen (secondary N) is 1. The van der Waals surface area contributed by atoms with Gasteiger partial charge in [0, 0.05) is 23.2 Å². The fraction of sp³-hybridized carbons (Fsp3) is 0.115. The minimum atomic E-state index is 0.597. The molecule has 0 atom stereocenters. The van der Waals surface area contributed by atoms with Crippen LogP contribution in [0.3, 0.4) is 0 Å². The van der Waals surface area contributed by atoms with E-state index in [9.17, 15) is 0 Å². The number of aromatic amines is 1. The Bertz CT molecular complexity index is 1080. The summed E-state index contributed by atoms with van der Waals surface area (Å²) in [6.07, 6.45) is 10.9. The first kappa shape index (κ1) is 18.9. The van der Waals surface area contributed by atoms with Gasteiger partial charge in [-0.15, -0.1) is 0 Å². The molecular weight excluding hydrogens is 354 g/mol. The van der Waals surface area contributed by atoms with Crippen LogP contribution in [0, 0.1) is 6.92 Å². The summed E-state index contributed by atoms with van der Waals surface area (Å²) >= 11 is 0. The quantitative estimate of drug-likeness (QED) is 0.554. The van der Waals surface area contributed by atoms with Crippen molar-refractivity contribution in [2.45, 2.75) is 13.3 Å². The maximum absolute atomic E-state index is 5.84. The topological polar surface area (TPSA) is 54.2 Å². The Morgan fingerprint density at radius 3 is 2.45 bits per heavy atom. The second-order valence-electron chi connectivity index (χ2n) is 7.14. The van der Waals surface area contributed by atoms with Gasteiger partial charge in [0.05, 0.1) is 5.70 Å². The predicted molar refractivity (Wildman–Crippen MR) is 125 cm³/mol. The van der Waals surface area contributed by atoms with Crippen LogP contribution in [0.1, 0.15) is 28.9 Å². The van der Waals surface area contributed by atoms with E-state index < -0.39 is 0 Å². The third-order valence-corrected chi connectivity index (χ3v) is 5.07. The maximum Gasteiger partial charge on any atom is 0.0683 e. The molecule has 0 saturated heterocycles. The van der Waals surface area contributed by atoms with Gasteiger partial charge in [0.25, 0.3) is 0 Å². The largest absolute Gasteiger partial charge is 0.355 e. The normalized spacial score (nSPS) is 14.8. The number of hydrogen-bond donors (Lipinski definition) is 2. The molecule has 3 heteroatoms. The van der Waals surface area contributed by atoms with E-state index in [1.54, 1.807) is 0 Å². The van der Waals surface area contributed by atoms with Crippen molar-refractivity contribution in [2.75, 3.05) is 6.54 Å². The molecule has 0 bridgehead atoms. The fourth-order valence-corrected chi connectivity index (χ4v) is 3.60. The summed E-state index contributed by atoms with van der Waals surface area (Å²) in [5, 5.41) is 0. The Labute approximate surface area is 172 Å². The van der Waals surface area contributed by atoms with Gasteiger partial charge in [-0.1, -0.05) is 60.7 Å². The lowest BCUT2D eigenvalue weighted by molar-refractivity contribution is 1.00. The van der Waals surface area contributed by atoms with Crippen molar-refractivity contribution >= 4 is 23.9 Å². The Morgan fingerprint density at radius 1 is 1.00 bits per heavy atom. The molecule has 2 heterocycles. The highest BCUT2D eigenvalue weighted by molar-refractivity contribution is 5.83. The summed E-state index contributed by atoms with van der Waals surface area (Å²) < 4.78 is 0. The van der Waals surface area contributed by atoms with Crippen molar-refractivity contribution < 1.29 is 0 Å². The highest BCUT2D eigenvalue weighted by atomic mass is 14.8. The van der Waals surface area contributed by atoms with Crippen LogP contribution in [0.15, 0.2) is 83.5 Å². The van der Waals surface area contributed by atoms with E-state index in [1.807, 2.05) is 24.4 Å². The Balaban J connectivity index is 1.55. The fourth-order valence-electron chi connectivity index (χ4n) is 3.60. The highest BCUT2D eigenvalue weighted by Gasteiger charge is 2.13. The molecule has 3 aromatic rings. The van der Waals surface area contributed by atoms with Gasteiger partial charge in [-0.05, 0) is 66.4 Å². The van der Waals surface area contributed by atoms with Crippen LogP contribution in [0.5, 0.6) is 0 Å². The van der Waals surface area contributed by atoms with Crippen molar-refractivity contribution in [3.63, 3.8) is 0 Å². The van der Waals surface area contributed by atoms with E-state index in [4.69, 9.17) is 5.73 Å². The van der Waals surface area contributed by atoms with Crippen molar-refractivity contribution in [2.24, 2.45) is 10.7 Å². The summed E-state index contributed by atoms with van der Waals surface area (Å²) in [4.78, 5) is 8.00. The predicted octanol–water partition coefficient (Wildman–Crippen LogP) is 5.86. The molecule has 0 spiro atoms. The van der Waals surface area contributed by atoms with Crippen molar-refractivity contribution in [3.05, 3.63) is 101 Å². The number of benzene rings is 2. The molecule has 144 valence electrons. The highest BCUT2D eigenvalue weighted by Crippen LogP contribution is 2.28. The minimum Gasteiger partial charge on any atom is -0.355 e. The molecule has 0 radical (unpaired) electrons. The van der Waals surface area contributed by atoms with Crippen LogP contribution in [-0.4, -0.2) is 17.7 Å². The molecule has 0 saturated carbocycles. The molecule has 0 fully saturated rings. The third-order valence-electron chi connectivity index (χ3n) is 5.07. The molecule has 1 aliphatic heterocycles. The summed E-state index contributed by atoms with van der Waals surface area (Å²) in [6, 6.07) is 21.2. The van der Waals surface area contributed by atoms with Crippen LogP contribution in [0.25, 0.3) is 28.9 Å². The summed E-state index contributed by atoms with van der Waals surface area (Å²) in [5.41, 5.74) is 15.0. The maximum atomic E-state index is 5.84. The summed E-state index contributed by atoms with van der Waals surface area (Å²) in [7, 11) is 0. The van der Waals surface area contributed by atoms with Crippen LogP contribution in [-0.2, 0) is 0 Å². The van der Waals surface area contributed by atoms with Gasteiger partial charge in [0.1, 0.15) is 0 Å². The van der Waals surface area contributed by atoms with E-state index in [1.165, 1.54) is 27.8 Å². The number of nitrogens with two attached hydrogens (primary N) is 1. The molecule has 1 aromatic heterocycles. The molecule has 29 heavy (non-hydrogen) atoms. The van der Waals surface area contributed by atoms with Gasteiger partial charge in [0.2, 0.25) is 0 Å². The molecular formula is C26H25N3. The molecule has 1 aliphatic rings. The van der Waals surface area contributed by atoms with Crippen LogP contribution >= 0.6 is 0 Å². The first-order valence-corrected chi connectivity index (χ1v) is 9.92. The second-order valence-corrected chi connectivity index (χ2v) is 7.14. The van der Waals surface area contributed by atoms with Crippen LogP contribution in [0.4, 0.5) is 0 Å². The SMILES string of the molecule is Cc1cc(/C=C/c2ccc(-c3ccccc3)cc2)[nH]c1C(CCN)=C1C=CC=N1. The zero-order valence-corrected chi connectivity index (χ0v) is 16.6. The molecule has 4 rings (SSSR count). The van der Waals surface area contributed by atoms with E-state index in [-0.39, 0.29) is 0 Å². The van der Waals surface area contributed by atoms with Gasteiger partial charge in [0.15, 0.2) is 0 Å². The van der Waals surface area contributed by atoms with Crippen LogP contribution < -0.4 is 5.73 Å². The second kappa shape index (κ2) is 8.72.